The zero-order chi connectivity index (χ0) is 11.5. The molecule has 3 nitrogen and oxygen atoms in total. The number of aryl methyl sites for hydroxylation is 2. The predicted molar refractivity (Wildman–Crippen MR) is 75.5 cm³/mol. The number of alkyl halides is 1. The molecule has 1 N–H and O–H groups in total. The van der Waals surface area contributed by atoms with Crippen molar-refractivity contribution in [3.63, 3.8) is 0 Å². The topological polar surface area (TPSA) is 29.9 Å². The van der Waals surface area contributed by atoms with Crippen LogP contribution in [0.1, 0.15) is 11.4 Å². The first kappa shape index (κ1) is 11.4. The largest absolute Gasteiger partial charge is 0.376 e. The third kappa shape index (κ3) is 2.21. The van der Waals surface area contributed by atoms with Crippen molar-refractivity contribution in [3.8, 4) is 5.69 Å². The Morgan fingerprint density at radius 2 is 2.19 bits per heavy atom. The molecule has 1 heterocycles. The van der Waals surface area contributed by atoms with Crippen LogP contribution in [0.5, 0.6) is 0 Å². The Balaban J connectivity index is 2.40. The van der Waals surface area contributed by atoms with Crippen molar-refractivity contribution in [1.29, 1.82) is 0 Å². The van der Waals surface area contributed by atoms with Crippen molar-refractivity contribution < 1.29 is 0 Å². The molecule has 4 heteroatoms. The number of halogens is 1. The van der Waals surface area contributed by atoms with Crippen molar-refractivity contribution in [2.75, 3.05) is 9.87 Å². The van der Waals surface area contributed by atoms with Gasteiger partial charge in [0, 0.05) is 23.8 Å². The van der Waals surface area contributed by atoms with Gasteiger partial charge in [-0.2, -0.15) is 0 Å². The van der Waals surface area contributed by atoms with Gasteiger partial charge in [0.2, 0.25) is 0 Å². The summed E-state index contributed by atoms with van der Waals surface area (Å²) in [6.45, 7) is 4.13. The molecule has 0 fully saturated rings. The van der Waals surface area contributed by atoms with Gasteiger partial charge in [0.05, 0.1) is 4.55 Å². The molecule has 0 radical (unpaired) electrons. The van der Waals surface area contributed by atoms with Crippen LogP contribution >= 0.6 is 22.6 Å². The molecule has 0 amide bonds. The number of rotatable bonds is 3. The second kappa shape index (κ2) is 4.86. The summed E-state index contributed by atoms with van der Waals surface area (Å²) in [7, 11) is 0. The van der Waals surface area contributed by atoms with Crippen LogP contribution in [0.15, 0.2) is 30.6 Å². The average molecular weight is 327 g/mol. The van der Waals surface area contributed by atoms with E-state index in [0.717, 1.165) is 16.1 Å². The smallest absolute Gasteiger partial charge is 0.110 e. The number of benzene rings is 1. The Hall–Kier alpha value is -1.04. The molecule has 0 aliphatic carbocycles. The number of aromatic nitrogens is 2. The monoisotopic (exact) mass is 327 g/mol. The first-order chi connectivity index (χ1) is 7.72. The number of anilines is 1. The third-order valence-electron chi connectivity index (χ3n) is 2.55. The minimum Gasteiger partial charge on any atom is -0.376 e. The lowest BCUT2D eigenvalue weighted by Crippen LogP contribution is -2.00. The van der Waals surface area contributed by atoms with Crippen molar-refractivity contribution in [2.45, 2.75) is 13.8 Å². The minimum absolute atomic E-state index is 0.917. The van der Waals surface area contributed by atoms with E-state index < -0.39 is 0 Å². The minimum atomic E-state index is 0.917. The molecule has 2 rings (SSSR count). The molecule has 0 aliphatic heterocycles. The Morgan fingerprint density at radius 1 is 1.38 bits per heavy atom. The molecular weight excluding hydrogens is 313 g/mol. The molecule has 0 saturated heterocycles. The molecule has 0 atom stereocenters. The quantitative estimate of drug-likeness (QED) is 0.533. The second-order valence-corrected chi connectivity index (χ2v) is 4.42. The first-order valence-electron chi connectivity index (χ1n) is 5.13. The maximum atomic E-state index is 4.24. The standard InChI is InChI=1S/C12H14IN3/c1-9-7-11(15-8-13)3-4-12(9)16-6-5-14-10(16)2/h3-7,15H,8H2,1-2H3. The lowest BCUT2D eigenvalue weighted by molar-refractivity contribution is 0.965. The van der Waals surface area contributed by atoms with Gasteiger partial charge >= 0.3 is 0 Å². The third-order valence-corrected chi connectivity index (χ3v) is 2.93. The van der Waals surface area contributed by atoms with E-state index in [1.54, 1.807) is 0 Å². The highest BCUT2D eigenvalue weighted by Gasteiger charge is 2.04. The van der Waals surface area contributed by atoms with E-state index in [1.807, 2.05) is 19.3 Å². The molecule has 84 valence electrons. The molecule has 2 aromatic rings. The van der Waals surface area contributed by atoms with E-state index >= 15 is 0 Å². The predicted octanol–water partition coefficient (Wildman–Crippen LogP) is 3.29. The van der Waals surface area contributed by atoms with Crippen molar-refractivity contribution in [1.82, 2.24) is 9.55 Å². The molecule has 0 bridgehead atoms. The van der Waals surface area contributed by atoms with Crippen LogP contribution in [0, 0.1) is 13.8 Å². The summed E-state index contributed by atoms with van der Waals surface area (Å²) in [5.74, 6) is 1.01. The molecular formula is C12H14IN3. The van der Waals surface area contributed by atoms with Gasteiger partial charge in [0.15, 0.2) is 0 Å². The summed E-state index contributed by atoms with van der Waals surface area (Å²) < 4.78 is 3.02. The zero-order valence-corrected chi connectivity index (χ0v) is 11.5. The highest BCUT2D eigenvalue weighted by atomic mass is 127. The van der Waals surface area contributed by atoms with Crippen molar-refractivity contribution in [3.05, 3.63) is 42.0 Å². The lowest BCUT2D eigenvalue weighted by Gasteiger charge is -2.11. The number of nitrogens with one attached hydrogen (secondary N) is 1. The Bertz CT molecular complexity index is 491. The highest BCUT2D eigenvalue weighted by Crippen LogP contribution is 2.20. The number of hydrogen-bond donors (Lipinski definition) is 1. The van der Waals surface area contributed by atoms with Crippen molar-refractivity contribution in [2.24, 2.45) is 0 Å². The lowest BCUT2D eigenvalue weighted by atomic mass is 10.1. The van der Waals surface area contributed by atoms with Crippen LogP contribution < -0.4 is 5.32 Å². The van der Waals surface area contributed by atoms with Crippen LogP contribution in [-0.2, 0) is 0 Å². The van der Waals surface area contributed by atoms with Gasteiger partial charge in [0.1, 0.15) is 5.82 Å². The summed E-state index contributed by atoms with van der Waals surface area (Å²) in [5, 5.41) is 3.30. The number of imidazole rings is 1. The summed E-state index contributed by atoms with van der Waals surface area (Å²) >= 11 is 2.30. The summed E-state index contributed by atoms with van der Waals surface area (Å²) in [5.41, 5.74) is 3.60. The van der Waals surface area contributed by atoms with E-state index in [1.165, 1.54) is 11.3 Å². The summed E-state index contributed by atoms with van der Waals surface area (Å²) in [6, 6.07) is 6.38. The maximum Gasteiger partial charge on any atom is 0.110 e. The molecule has 0 aliphatic rings. The Kier molecular flexibility index (Phi) is 3.48. The second-order valence-electron chi connectivity index (χ2n) is 3.66. The number of nitrogens with zero attached hydrogens (tertiary/aromatic N) is 2. The molecule has 0 spiro atoms. The molecule has 0 saturated carbocycles. The maximum absolute atomic E-state index is 4.24. The van der Waals surface area contributed by atoms with Gasteiger partial charge in [-0.25, -0.2) is 4.98 Å². The van der Waals surface area contributed by atoms with Gasteiger partial charge < -0.3 is 9.88 Å². The Morgan fingerprint density at radius 3 is 2.75 bits per heavy atom. The van der Waals surface area contributed by atoms with Gasteiger partial charge in [-0.1, -0.05) is 22.6 Å². The van der Waals surface area contributed by atoms with Gasteiger partial charge in [-0.3, -0.25) is 0 Å². The summed E-state index contributed by atoms with van der Waals surface area (Å²) in [6.07, 6.45) is 3.81. The first-order valence-corrected chi connectivity index (χ1v) is 6.65. The summed E-state index contributed by atoms with van der Waals surface area (Å²) in [4.78, 5) is 4.24. The van der Waals surface area contributed by atoms with Gasteiger partial charge in [-0.05, 0) is 37.6 Å². The van der Waals surface area contributed by atoms with E-state index in [9.17, 15) is 0 Å². The SMILES string of the molecule is Cc1cc(NCI)ccc1-n1ccnc1C. The van der Waals surface area contributed by atoms with Crippen LogP contribution in [-0.4, -0.2) is 14.1 Å². The van der Waals surface area contributed by atoms with Crippen molar-refractivity contribution >= 4 is 28.3 Å². The molecule has 1 aromatic carbocycles. The average Bonchev–Trinajstić information content (AvgIpc) is 2.65. The molecule has 1 aromatic heterocycles. The fourth-order valence-electron chi connectivity index (χ4n) is 1.75. The van der Waals surface area contributed by atoms with E-state index in [0.29, 0.717) is 0 Å². The van der Waals surface area contributed by atoms with Gasteiger partial charge in [-0.15, -0.1) is 0 Å². The van der Waals surface area contributed by atoms with E-state index in [-0.39, 0.29) is 0 Å². The van der Waals surface area contributed by atoms with Crippen LogP contribution in [0.25, 0.3) is 5.69 Å². The van der Waals surface area contributed by atoms with Gasteiger partial charge in [0.25, 0.3) is 0 Å². The zero-order valence-electron chi connectivity index (χ0n) is 9.37. The fraction of sp³-hybridized carbons (Fsp3) is 0.250. The molecule has 16 heavy (non-hydrogen) atoms. The van der Waals surface area contributed by atoms with Crippen LogP contribution in [0.2, 0.25) is 0 Å². The van der Waals surface area contributed by atoms with Crippen LogP contribution in [0.3, 0.4) is 0 Å². The van der Waals surface area contributed by atoms with E-state index in [2.05, 4.69) is 62.6 Å². The highest BCUT2D eigenvalue weighted by molar-refractivity contribution is 14.1. The normalized spacial score (nSPS) is 10.4. The number of hydrogen-bond acceptors (Lipinski definition) is 2. The fourth-order valence-corrected chi connectivity index (χ4v) is 2.19. The van der Waals surface area contributed by atoms with E-state index in [4.69, 9.17) is 0 Å². The van der Waals surface area contributed by atoms with Crippen LogP contribution in [0.4, 0.5) is 5.69 Å². The Labute approximate surface area is 109 Å². The molecule has 0 unspecified atom stereocenters.